The largest absolute Gasteiger partial charge is 0.342 e. The maximum Gasteiger partial charge on any atom is 0.232 e. The molecule has 2 aliphatic heterocycles. The highest BCUT2D eigenvalue weighted by Crippen LogP contribution is 2.43. The second-order valence-corrected chi connectivity index (χ2v) is 11.4. The summed E-state index contributed by atoms with van der Waals surface area (Å²) in [6.45, 7) is 4.90. The Labute approximate surface area is 237 Å². The third-order valence-electron chi connectivity index (χ3n) is 9.00. The minimum absolute atomic E-state index is 0.0660. The average Bonchev–Trinajstić information content (AvgIpc) is 3.56. The van der Waals surface area contributed by atoms with Gasteiger partial charge in [0.1, 0.15) is 0 Å². The van der Waals surface area contributed by atoms with Gasteiger partial charge in [0, 0.05) is 49.6 Å². The summed E-state index contributed by atoms with van der Waals surface area (Å²) in [5.41, 5.74) is 5.11. The van der Waals surface area contributed by atoms with Crippen LogP contribution in [0, 0.1) is 5.92 Å². The predicted molar refractivity (Wildman–Crippen MR) is 159 cm³/mol. The van der Waals surface area contributed by atoms with Gasteiger partial charge in [-0.25, -0.2) is 0 Å². The minimum Gasteiger partial charge on any atom is -0.342 e. The summed E-state index contributed by atoms with van der Waals surface area (Å²) in [7, 11) is 0. The number of nitrogens with zero attached hydrogens (tertiary/aromatic N) is 4. The monoisotopic (exact) mass is 534 g/mol. The number of amides is 2. The molecular formula is C34H38N4O2. The number of benzene rings is 2. The van der Waals surface area contributed by atoms with E-state index in [-0.39, 0.29) is 23.1 Å². The van der Waals surface area contributed by atoms with E-state index in [1.54, 1.807) is 12.4 Å². The highest BCUT2D eigenvalue weighted by atomic mass is 16.2. The average molecular weight is 535 g/mol. The first-order valence-corrected chi connectivity index (χ1v) is 14.7. The first-order valence-electron chi connectivity index (χ1n) is 14.7. The predicted octanol–water partition coefficient (Wildman–Crippen LogP) is 4.96. The van der Waals surface area contributed by atoms with Gasteiger partial charge in [-0.05, 0) is 86.3 Å². The van der Waals surface area contributed by atoms with Gasteiger partial charge in [0.05, 0.1) is 5.92 Å². The molecule has 0 N–H and O–H groups in total. The Bertz CT molecular complexity index is 1350. The Morgan fingerprint density at radius 2 is 1.70 bits per heavy atom. The Kier molecular flexibility index (Phi) is 7.78. The molecule has 3 aromatic rings. The molecule has 0 saturated carbocycles. The Balaban J connectivity index is 1.04. The fraction of sp³-hybridized carbons (Fsp3) is 0.382. The molecule has 0 bridgehead atoms. The fourth-order valence-corrected chi connectivity index (χ4v) is 6.66. The number of fused-ring (bicyclic) bond motifs is 2. The van der Waals surface area contributed by atoms with Gasteiger partial charge in [0.15, 0.2) is 0 Å². The van der Waals surface area contributed by atoms with Crippen molar-refractivity contribution in [2.24, 2.45) is 5.92 Å². The van der Waals surface area contributed by atoms with Crippen molar-refractivity contribution in [1.29, 1.82) is 0 Å². The van der Waals surface area contributed by atoms with Gasteiger partial charge < -0.3 is 14.7 Å². The van der Waals surface area contributed by atoms with Crippen molar-refractivity contribution in [3.05, 3.63) is 102 Å². The third-order valence-corrected chi connectivity index (χ3v) is 9.00. The number of hydrogen-bond donors (Lipinski definition) is 0. The number of aromatic nitrogens is 1. The lowest BCUT2D eigenvalue weighted by Gasteiger charge is -2.39. The molecule has 1 spiro atoms. The van der Waals surface area contributed by atoms with Gasteiger partial charge in [-0.3, -0.25) is 14.6 Å². The number of pyridine rings is 1. The molecular weight excluding hydrogens is 496 g/mol. The molecule has 2 fully saturated rings. The van der Waals surface area contributed by atoms with Crippen LogP contribution in [0.1, 0.15) is 42.4 Å². The van der Waals surface area contributed by atoms with Crippen LogP contribution in [-0.2, 0) is 21.4 Å². The van der Waals surface area contributed by atoms with Gasteiger partial charge in [-0.2, -0.15) is 0 Å². The maximum atomic E-state index is 13.8. The molecule has 1 atom stereocenters. The number of piperidine rings is 1. The Morgan fingerprint density at radius 1 is 0.950 bits per heavy atom. The molecule has 1 aromatic heterocycles. The normalized spacial score (nSPS) is 19.8. The van der Waals surface area contributed by atoms with Crippen LogP contribution < -0.4 is 4.90 Å². The van der Waals surface area contributed by atoms with Crippen LogP contribution >= 0.6 is 0 Å². The van der Waals surface area contributed by atoms with E-state index in [9.17, 15) is 9.59 Å². The smallest absolute Gasteiger partial charge is 0.232 e. The summed E-state index contributed by atoms with van der Waals surface area (Å²) in [4.78, 5) is 37.0. The van der Waals surface area contributed by atoms with Crippen molar-refractivity contribution in [1.82, 2.24) is 14.8 Å². The van der Waals surface area contributed by atoms with E-state index < -0.39 is 0 Å². The van der Waals surface area contributed by atoms with Crippen LogP contribution in [0.5, 0.6) is 0 Å². The lowest BCUT2D eigenvalue weighted by Crippen LogP contribution is -2.43. The molecule has 2 saturated heterocycles. The van der Waals surface area contributed by atoms with Crippen molar-refractivity contribution in [3.8, 4) is 0 Å². The van der Waals surface area contributed by atoms with Crippen molar-refractivity contribution in [3.63, 3.8) is 0 Å². The number of carbonyl (C=O) groups is 2. The summed E-state index contributed by atoms with van der Waals surface area (Å²) in [6, 6.07) is 22.7. The number of rotatable bonds is 9. The second-order valence-electron chi connectivity index (χ2n) is 11.4. The molecule has 206 valence electrons. The number of para-hydroxylation sites is 1. The van der Waals surface area contributed by atoms with Gasteiger partial charge in [-0.15, -0.1) is 0 Å². The molecule has 1 aliphatic carbocycles. The molecule has 2 aromatic carbocycles. The standard InChI is InChI=1S/C34H38N4O2/c39-32-25-29(26-37(32)22-14-27-12-18-35-19-13-27)33(40)38(30-8-2-1-3-9-30)21-6-20-36-23-16-34(17-24-36)15-11-28-7-4-5-10-31(28)34/h1-5,7-13,15,18-19,29H,6,14,16-17,20-26H2. The molecule has 6 nitrogen and oxygen atoms in total. The van der Waals surface area contributed by atoms with Crippen molar-refractivity contribution < 1.29 is 9.59 Å². The quantitative estimate of drug-likeness (QED) is 0.390. The van der Waals surface area contributed by atoms with E-state index in [4.69, 9.17) is 0 Å². The highest BCUT2D eigenvalue weighted by molar-refractivity contribution is 5.99. The summed E-state index contributed by atoms with van der Waals surface area (Å²) >= 11 is 0. The summed E-state index contributed by atoms with van der Waals surface area (Å²) in [5.74, 6) is -0.157. The number of anilines is 1. The first kappa shape index (κ1) is 26.5. The molecule has 40 heavy (non-hydrogen) atoms. The van der Waals surface area contributed by atoms with Crippen LogP contribution in [0.25, 0.3) is 6.08 Å². The molecule has 6 rings (SSSR count). The van der Waals surface area contributed by atoms with Crippen LogP contribution in [0.15, 0.2) is 85.2 Å². The number of carbonyl (C=O) groups excluding carboxylic acids is 2. The lowest BCUT2D eigenvalue weighted by atomic mass is 9.74. The van der Waals surface area contributed by atoms with Gasteiger partial charge >= 0.3 is 0 Å². The topological polar surface area (TPSA) is 56.8 Å². The minimum atomic E-state index is -0.297. The number of allylic oxidation sites excluding steroid dienone is 1. The molecule has 3 heterocycles. The van der Waals surface area contributed by atoms with Gasteiger partial charge in [0.2, 0.25) is 11.8 Å². The Hall–Kier alpha value is -3.77. The van der Waals surface area contributed by atoms with E-state index in [0.717, 1.165) is 56.6 Å². The van der Waals surface area contributed by atoms with Crippen LogP contribution in [0.4, 0.5) is 5.69 Å². The summed E-state index contributed by atoms with van der Waals surface area (Å²) in [5, 5.41) is 0. The third kappa shape index (κ3) is 5.59. The van der Waals surface area contributed by atoms with E-state index >= 15 is 0 Å². The van der Waals surface area contributed by atoms with Crippen molar-refractivity contribution in [2.45, 2.75) is 37.5 Å². The van der Waals surface area contributed by atoms with E-state index in [1.807, 2.05) is 52.3 Å². The van der Waals surface area contributed by atoms with E-state index in [0.29, 0.717) is 26.1 Å². The molecule has 2 amide bonds. The maximum absolute atomic E-state index is 13.8. The highest BCUT2D eigenvalue weighted by Gasteiger charge is 2.38. The van der Waals surface area contributed by atoms with E-state index in [1.165, 1.54) is 11.1 Å². The van der Waals surface area contributed by atoms with Gasteiger partial charge in [0.25, 0.3) is 0 Å². The molecule has 6 heteroatoms. The van der Waals surface area contributed by atoms with E-state index in [2.05, 4.69) is 46.3 Å². The number of hydrogen-bond acceptors (Lipinski definition) is 4. The van der Waals surface area contributed by atoms with Crippen LogP contribution in [-0.4, -0.2) is 65.9 Å². The zero-order valence-electron chi connectivity index (χ0n) is 23.1. The van der Waals surface area contributed by atoms with Crippen molar-refractivity contribution in [2.75, 3.05) is 44.2 Å². The van der Waals surface area contributed by atoms with Crippen molar-refractivity contribution >= 4 is 23.6 Å². The van der Waals surface area contributed by atoms with Gasteiger partial charge in [-0.1, -0.05) is 54.6 Å². The molecule has 3 aliphatic rings. The Morgan fingerprint density at radius 3 is 2.50 bits per heavy atom. The molecule has 1 unspecified atom stereocenters. The van der Waals surface area contributed by atoms with Crippen LogP contribution in [0.2, 0.25) is 0 Å². The fourth-order valence-electron chi connectivity index (χ4n) is 6.66. The SMILES string of the molecule is O=C1CC(C(=O)N(CCCN2CCC3(C=Cc4ccccc43)CC2)c2ccccc2)CN1CCc1ccncc1. The first-order chi connectivity index (χ1) is 19.6. The zero-order valence-corrected chi connectivity index (χ0v) is 23.1. The molecule has 0 radical (unpaired) electrons. The number of likely N-dealkylation sites (tertiary alicyclic amines) is 2. The zero-order chi connectivity index (χ0) is 27.4. The lowest BCUT2D eigenvalue weighted by molar-refractivity contribution is -0.128. The van der Waals surface area contributed by atoms with Crippen LogP contribution in [0.3, 0.4) is 0 Å². The summed E-state index contributed by atoms with van der Waals surface area (Å²) in [6.07, 6.45) is 12.5. The second kappa shape index (κ2) is 11.8. The summed E-state index contributed by atoms with van der Waals surface area (Å²) < 4.78 is 0.